The Morgan fingerprint density at radius 1 is 1.11 bits per heavy atom. The summed E-state index contributed by atoms with van der Waals surface area (Å²) in [5, 5.41) is 13.8. The number of hydrogen-bond donors (Lipinski definition) is 0. The minimum Gasteiger partial charge on any atom is -0.423 e. The highest BCUT2D eigenvalue weighted by Crippen LogP contribution is 2.27. The van der Waals surface area contributed by atoms with Crippen molar-refractivity contribution in [2.24, 2.45) is 0 Å². The standard InChI is InChI=1S/C21H20N4O2S/c1-4-15-6-7-17-16(11-20(26)27-19(17)10-15)12-28-21-22-23-24-25(21)18-8-5-13(2)9-14(18)3/h5-11H,4,12H2,1-3H3. The highest BCUT2D eigenvalue weighted by Gasteiger charge is 2.13. The molecule has 0 atom stereocenters. The van der Waals surface area contributed by atoms with Crippen LogP contribution < -0.4 is 5.63 Å². The molecule has 0 aliphatic heterocycles. The first-order valence-corrected chi connectivity index (χ1v) is 10.1. The van der Waals surface area contributed by atoms with E-state index in [9.17, 15) is 4.79 Å². The first-order valence-electron chi connectivity index (χ1n) is 9.09. The zero-order chi connectivity index (χ0) is 19.7. The molecule has 0 saturated carbocycles. The summed E-state index contributed by atoms with van der Waals surface area (Å²) in [6.45, 7) is 6.17. The maximum absolute atomic E-state index is 12.0. The van der Waals surface area contributed by atoms with Gasteiger partial charge in [0.2, 0.25) is 5.16 Å². The molecule has 6 nitrogen and oxygen atoms in total. The number of nitrogens with zero attached hydrogens (tertiary/aromatic N) is 4. The van der Waals surface area contributed by atoms with E-state index < -0.39 is 0 Å². The lowest BCUT2D eigenvalue weighted by atomic mass is 10.1. The van der Waals surface area contributed by atoms with Crippen molar-refractivity contribution in [2.75, 3.05) is 0 Å². The van der Waals surface area contributed by atoms with Gasteiger partial charge in [-0.05, 0) is 59.5 Å². The highest BCUT2D eigenvalue weighted by molar-refractivity contribution is 7.98. The Morgan fingerprint density at radius 3 is 2.75 bits per heavy atom. The van der Waals surface area contributed by atoms with Gasteiger partial charge in [0, 0.05) is 17.2 Å². The molecule has 0 radical (unpaired) electrons. The minimum atomic E-state index is -0.342. The Balaban J connectivity index is 1.66. The molecule has 0 N–H and O–H groups in total. The zero-order valence-corrected chi connectivity index (χ0v) is 16.8. The van der Waals surface area contributed by atoms with E-state index in [2.05, 4.69) is 41.5 Å². The minimum absolute atomic E-state index is 0.342. The number of benzene rings is 2. The van der Waals surface area contributed by atoms with Crippen molar-refractivity contribution in [1.82, 2.24) is 20.2 Å². The van der Waals surface area contributed by atoms with Crippen LogP contribution in [0.4, 0.5) is 0 Å². The lowest BCUT2D eigenvalue weighted by Crippen LogP contribution is -2.03. The van der Waals surface area contributed by atoms with Gasteiger partial charge in [-0.2, -0.15) is 4.68 Å². The van der Waals surface area contributed by atoms with Crippen molar-refractivity contribution < 1.29 is 4.42 Å². The maximum Gasteiger partial charge on any atom is 0.336 e. The van der Waals surface area contributed by atoms with Crippen LogP contribution >= 0.6 is 11.8 Å². The monoisotopic (exact) mass is 392 g/mol. The molecule has 0 amide bonds. The molecular weight excluding hydrogens is 372 g/mol. The van der Waals surface area contributed by atoms with Crippen molar-refractivity contribution >= 4 is 22.7 Å². The summed E-state index contributed by atoms with van der Waals surface area (Å²) in [7, 11) is 0. The smallest absolute Gasteiger partial charge is 0.336 e. The number of fused-ring (bicyclic) bond motifs is 1. The van der Waals surface area contributed by atoms with Gasteiger partial charge in [-0.1, -0.05) is 48.5 Å². The lowest BCUT2D eigenvalue weighted by Gasteiger charge is -2.09. The van der Waals surface area contributed by atoms with Gasteiger partial charge in [0.05, 0.1) is 5.69 Å². The van der Waals surface area contributed by atoms with E-state index in [-0.39, 0.29) is 5.63 Å². The SMILES string of the molecule is CCc1ccc2c(CSc3nnnn3-c3ccc(C)cc3C)cc(=O)oc2c1. The Kier molecular flexibility index (Phi) is 5.00. The summed E-state index contributed by atoms with van der Waals surface area (Å²) in [6.07, 6.45) is 0.892. The molecule has 0 saturated heterocycles. The van der Waals surface area contributed by atoms with Gasteiger partial charge in [-0.15, -0.1) is 5.10 Å². The molecule has 7 heteroatoms. The summed E-state index contributed by atoms with van der Waals surface area (Å²) in [4.78, 5) is 12.0. The summed E-state index contributed by atoms with van der Waals surface area (Å²) < 4.78 is 7.13. The third-order valence-electron chi connectivity index (χ3n) is 4.68. The van der Waals surface area contributed by atoms with Crippen LogP contribution in [0.3, 0.4) is 0 Å². The molecule has 2 aromatic heterocycles. The fourth-order valence-electron chi connectivity index (χ4n) is 3.22. The van der Waals surface area contributed by atoms with Gasteiger partial charge in [0.25, 0.3) is 0 Å². The average molecular weight is 392 g/mol. The van der Waals surface area contributed by atoms with Crippen LogP contribution in [-0.2, 0) is 12.2 Å². The first-order chi connectivity index (χ1) is 13.5. The molecule has 0 unspecified atom stereocenters. The molecule has 0 aliphatic rings. The van der Waals surface area contributed by atoms with Crippen LogP contribution in [-0.4, -0.2) is 20.2 Å². The Morgan fingerprint density at radius 2 is 1.96 bits per heavy atom. The normalized spacial score (nSPS) is 11.2. The van der Waals surface area contributed by atoms with E-state index in [1.54, 1.807) is 10.7 Å². The Hall–Kier alpha value is -2.93. The fourth-order valence-corrected chi connectivity index (χ4v) is 4.09. The summed E-state index contributed by atoms with van der Waals surface area (Å²) >= 11 is 1.49. The zero-order valence-electron chi connectivity index (χ0n) is 16.0. The van der Waals surface area contributed by atoms with Gasteiger partial charge in [0.1, 0.15) is 5.58 Å². The van der Waals surface area contributed by atoms with Crippen LogP contribution in [0.2, 0.25) is 0 Å². The van der Waals surface area contributed by atoms with Gasteiger partial charge in [-0.3, -0.25) is 0 Å². The number of thioether (sulfide) groups is 1. The molecule has 2 aromatic carbocycles. The number of rotatable bonds is 5. The Labute approximate surface area is 166 Å². The summed E-state index contributed by atoms with van der Waals surface area (Å²) in [5.74, 6) is 0.568. The van der Waals surface area contributed by atoms with E-state index in [0.717, 1.165) is 34.2 Å². The van der Waals surface area contributed by atoms with Crippen LogP contribution in [0.25, 0.3) is 16.7 Å². The van der Waals surface area contributed by atoms with Crippen molar-refractivity contribution in [3.05, 3.63) is 75.1 Å². The first kappa shape index (κ1) is 18.4. The molecule has 2 heterocycles. The number of aromatic nitrogens is 4. The summed E-state index contributed by atoms with van der Waals surface area (Å²) in [5.41, 5.74) is 5.57. The molecular formula is C21H20N4O2S. The van der Waals surface area contributed by atoms with E-state index in [1.165, 1.54) is 17.3 Å². The molecule has 0 spiro atoms. The van der Waals surface area contributed by atoms with E-state index in [4.69, 9.17) is 4.42 Å². The van der Waals surface area contributed by atoms with Gasteiger partial charge in [0.15, 0.2) is 0 Å². The van der Waals surface area contributed by atoms with Crippen LogP contribution in [0.15, 0.2) is 56.8 Å². The van der Waals surface area contributed by atoms with Crippen LogP contribution in [0.5, 0.6) is 0 Å². The number of hydrogen-bond acceptors (Lipinski definition) is 6. The van der Waals surface area contributed by atoms with Crippen molar-refractivity contribution in [3.8, 4) is 5.69 Å². The van der Waals surface area contributed by atoms with E-state index >= 15 is 0 Å². The number of tetrazole rings is 1. The second-order valence-corrected chi connectivity index (χ2v) is 7.67. The van der Waals surface area contributed by atoms with Crippen LogP contribution in [0.1, 0.15) is 29.2 Å². The van der Waals surface area contributed by atoms with Gasteiger partial charge < -0.3 is 4.42 Å². The van der Waals surface area contributed by atoms with Crippen molar-refractivity contribution in [1.29, 1.82) is 0 Å². The average Bonchev–Trinajstić information content (AvgIpc) is 3.13. The number of aryl methyl sites for hydroxylation is 3. The van der Waals surface area contributed by atoms with E-state index in [0.29, 0.717) is 16.5 Å². The summed E-state index contributed by atoms with van der Waals surface area (Å²) in [6, 6.07) is 13.7. The molecule has 0 aliphatic carbocycles. The molecule has 0 bridgehead atoms. The molecule has 142 valence electrons. The third kappa shape index (κ3) is 3.57. The van der Waals surface area contributed by atoms with Crippen LogP contribution in [0, 0.1) is 13.8 Å². The second-order valence-electron chi connectivity index (χ2n) is 6.73. The predicted molar refractivity (Wildman–Crippen MR) is 110 cm³/mol. The second kappa shape index (κ2) is 7.59. The molecule has 28 heavy (non-hydrogen) atoms. The topological polar surface area (TPSA) is 73.8 Å². The third-order valence-corrected chi connectivity index (χ3v) is 5.65. The molecule has 4 aromatic rings. The predicted octanol–water partition coefficient (Wildman–Crippen LogP) is 4.24. The molecule has 0 fully saturated rings. The Bertz CT molecular complexity index is 1210. The fraction of sp³-hybridized carbons (Fsp3) is 0.238. The van der Waals surface area contributed by atoms with Gasteiger partial charge >= 0.3 is 5.63 Å². The lowest BCUT2D eigenvalue weighted by molar-refractivity contribution is 0.559. The highest BCUT2D eigenvalue weighted by atomic mass is 32.2. The van der Waals surface area contributed by atoms with E-state index in [1.807, 2.05) is 31.2 Å². The maximum atomic E-state index is 12.0. The van der Waals surface area contributed by atoms with Crippen molar-refractivity contribution in [3.63, 3.8) is 0 Å². The van der Waals surface area contributed by atoms with Crippen molar-refractivity contribution in [2.45, 2.75) is 38.1 Å². The van der Waals surface area contributed by atoms with Gasteiger partial charge in [-0.25, -0.2) is 4.79 Å². The molecule has 4 rings (SSSR count). The quantitative estimate of drug-likeness (QED) is 0.374. The largest absolute Gasteiger partial charge is 0.423 e.